The van der Waals surface area contributed by atoms with Crippen LogP contribution in [0.15, 0.2) is 24.3 Å². The van der Waals surface area contributed by atoms with Crippen LogP contribution in [0.1, 0.15) is 44.9 Å². The number of β-amino-alcohol motifs (C(OH)–C–C–N with tert-alkyl or cyclic N) is 1. The summed E-state index contributed by atoms with van der Waals surface area (Å²) in [5.74, 6) is 0. The molecule has 1 saturated heterocycles. The van der Waals surface area contributed by atoms with Crippen LogP contribution in [-0.2, 0) is 4.74 Å². The van der Waals surface area contributed by atoms with E-state index in [1.165, 1.54) is 5.56 Å². The number of hydrogen-bond acceptors (Lipinski definition) is 3. The largest absolute Gasteiger partial charge is 0.387 e. The van der Waals surface area contributed by atoms with E-state index in [4.69, 9.17) is 4.74 Å². The molecule has 3 heteroatoms. The maximum Gasteiger partial charge on any atom is 0.0916 e. The predicted molar refractivity (Wildman–Crippen MR) is 81.8 cm³/mol. The Labute approximate surface area is 122 Å². The topological polar surface area (TPSA) is 32.7 Å². The first kappa shape index (κ1) is 15.5. The number of ether oxygens (including phenoxy) is 1. The Morgan fingerprint density at radius 3 is 2.10 bits per heavy atom. The molecule has 1 aromatic rings. The molecular weight excluding hydrogens is 250 g/mol. The van der Waals surface area contributed by atoms with E-state index in [0.717, 1.165) is 18.7 Å². The molecule has 0 bridgehead atoms. The molecule has 1 atom stereocenters. The average Bonchev–Trinajstić information content (AvgIpc) is 2.25. The van der Waals surface area contributed by atoms with Gasteiger partial charge in [0.25, 0.3) is 0 Å². The highest BCUT2D eigenvalue weighted by Crippen LogP contribution is 2.29. The summed E-state index contributed by atoms with van der Waals surface area (Å²) in [4.78, 5) is 2.30. The molecule has 112 valence electrons. The highest BCUT2D eigenvalue weighted by atomic mass is 16.5. The van der Waals surface area contributed by atoms with Gasteiger partial charge in [0, 0.05) is 19.6 Å². The third-order valence-electron chi connectivity index (χ3n) is 3.65. The Balaban J connectivity index is 2.03. The molecule has 1 N–H and O–H groups in total. The second-order valence-corrected chi connectivity index (χ2v) is 7.22. The van der Waals surface area contributed by atoms with Crippen molar-refractivity contribution >= 4 is 0 Å². The van der Waals surface area contributed by atoms with Crippen LogP contribution in [0, 0.1) is 6.92 Å². The van der Waals surface area contributed by atoms with Crippen LogP contribution < -0.4 is 0 Å². The molecule has 0 spiro atoms. The first-order valence-corrected chi connectivity index (χ1v) is 7.34. The Kier molecular flexibility index (Phi) is 4.24. The zero-order valence-corrected chi connectivity index (χ0v) is 13.3. The van der Waals surface area contributed by atoms with Gasteiger partial charge in [-0.25, -0.2) is 0 Å². The Hall–Kier alpha value is -0.900. The molecule has 1 aliphatic rings. The summed E-state index contributed by atoms with van der Waals surface area (Å²) in [5, 5.41) is 10.4. The lowest BCUT2D eigenvalue weighted by molar-refractivity contribution is -0.183. The number of hydrogen-bond donors (Lipinski definition) is 1. The summed E-state index contributed by atoms with van der Waals surface area (Å²) in [5.41, 5.74) is 1.86. The van der Waals surface area contributed by atoms with Gasteiger partial charge in [-0.1, -0.05) is 29.8 Å². The maximum atomic E-state index is 10.4. The number of nitrogens with zero attached hydrogens (tertiary/aromatic N) is 1. The maximum absolute atomic E-state index is 10.4. The summed E-state index contributed by atoms with van der Waals surface area (Å²) in [6.45, 7) is 12.8. The fourth-order valence-electron chi connectivity index (χ4n) is 3.21. The van der Waals surface area contributed by atoms with Gasteiger partial charge in [0.1, 0.15) is 0 Å². The molecule has 0 radical (unpaired) electrons. The van der Waals surface area contributed by atoms with Gasteiger partial charge in [-0.2, -0.15) is 0 Å². The first-order valence-electron chi connectivity index (χ1n) is 7.34. The lowest BCUT2D eigenvalue weighted by Crippen LogP contribution is -2.57. The summed E-state index contributed by atoms with van der Waals surface area (Å²) in [6, 6.07) is 8.12. The molecule has 0 aromatic heterocycles. The van der Waals surface area contributed by atoms with E-state index in [1.807, 2.05) is 24.3 Å². The van der Waals surface area contributed by atoms with Gasteiger partial charge in [0.05, 0.1) is 17.3 Å². The second-order valence-electron chi connectivity index (χ2n) is 7.22. The van der Waals surface area contributed by atoms with Gasteiger partial charge in [-0.15, -0.1) is 0 Å². The molecule has 20 heavy (non-hydrogen) atoms. The van der Waals surface area contributed by atoms with Crippen LogP contribution in [0.25, 0.3) is 0 Å². The zero-order chi connectivity index (χ0) is 15.0. The second kappa shape index (κ2) is 5.47. The third kappa shape index (κ3) is 4.05. The van der Waals surface area contributed by atoms with Crippen molar-refractivity contribution < 1.29 is 9.84 Å². The van der Waals surface area contributed by atoms with Gasteiger partial charge in [-0.3, -0.25) is 4.90 Å². The number of morpholine rings is 1. The molecule has 0 amide bonds. The van der Waals surface area contributed by atoms with E-state index in [1.54, 1.807) is 0 Å². The van der Waals surface area contributed by atoms with Crippen molar-refractivity contribution in [3.63, 3.8) is 0 Å². The molecule has 3 nitrogen and oxygen atoms in total. The van der Waals surface area contributed by atoms with Crippen LogP contribution in [0.5, 0.6) is 0 Å². The van der Waals surface area contributed by atoms with Gasteiger partial charge >= 0.3 is 0 Å². The van der Waals surface area contributed by atoms with Gasteiger partial charge < -0.3 is 9.84 Å². The monoisotopic (exact) mass is 277 g/mol. The molecule has 1 aromatic carbocycles. The van der Waals surface area contributed by atoms with Gasteiger partial charge in [-0.05, 0) is 40.2 Å². The number of benzene rings is 1. The lowest BCUT2D eigenvalue weighted by Gasteiger charge is -2.47. The van der Waals surface area contributed by atoms with E-state index in [-0.39, 0.29) is 11.2 Å². The molecule has 0 aliphatic carbocycles. The third-order valence-corrected chi connectivity index (χ3v) is 3.65. The standard InChI is InChI=1S/C17H27NO2/c1-13-6-8-14(9-7-13)15(19)10-18-11-16(2,3)20-17(4,5)12-18/h6-9,15,19H,10-12H2,1-5H3. The molecule has 2 rings (SSSR count). The normalized spacial score (nSPS) is 23.5. The fraction of sp³-hybridized carbons (Fsp3) is 0.647. The van der Waals surface area contributed by atoms with E-state index in [2.05, 4.69) is 39.5 Å². The van der Waals surface area contributed by atoms with Crippen LogP contribution >= 0.6 is 0 Å². The molecule has 0 saturated carbocycles. The van der Waals surface area contributed by atoms with Crippen LogP contribution in [0.4, 0.5) is 0 Å². The van der Waals surface area contributed by atoms with Gasteiger partial charge in [0.15, 0.2) is 0 Å². The molecule has 1 fully saturated rings. The summed E-state index contributed by atoms with van der Waals surface area (Å²) < 4.78 is 6.07. The summed E-state index contributed by atoms with van der Waals surface area (Å²) >= 11 is 0. The quantitative estimate of drug-likeness (QED) is 0.922. The number of aryl methyl sites for hydroxylation is 1. The van der Waals surface area contributed by atoms with Crippen molar-refractivity contribution in [2.45, 2.75) is 51.9 Å². The van der Waals surface area contributed by atoms with Crippen LogP contribution in [0.3, 0.4) is 0 Å². The Morgan fingerprint density at radius 2 is 1.60 bits per heavy atom. The number of aliphatic hydroxyl groups excluding tert-OH is 1. The van der Waals surface area contributed by atoms with Crippen molar-refractivity contribution in [1.82, 2.24) is 4.90 Å². The fourth-order valence-corrected chi connectivity index (χ4v) is 3.21. The molecule has 1 aliphatic heterocycles. The zero-order valence-electron chi connectivity index (χ0n) is 13.3. The average molecular weight is 277 g/mol. The minimum absolute atomic E-state index is 0.172. The minimum atomic E-state index is -0.444. The predicted octanol–water partition coefficient (Wildman–Crippen LogP) is 2.92. The Bertz CT molecular complexity index is 435. The Morgan fingerprint density at radius 1 is 1.10 bits per heavy atom. The SMILES string of the molecule is Cc1ccc(C(O)CN2CC(C)(C)OC(C)(C)C2)cc1. The highest BCUT2D eigenvalue weighted by molar-refractivity contribution is 5.23. The van der Waals surface area contributed by atoms with Crippen molar-refractivity contribution in [1.29, 1.82) is 0 Å². The minimum Gasteiger partial charge on any atom is -0.387 e. The van der Waals surface area contributed by atoms with Crippen molar-refractivity contribution in [3.8, 4) is 0 Å². The highest BCUT2D eigenvalue weighted by Gasteiger charge is 2.38. The van der Waals surface area contributed by atoms with Crippen LogP contribution in [0.2, 0.25) is 0 Å². The lowest BCUT2D eigenvalue weighted by atomic mass is 9.98. The summed E-state index contributed by atoms with van der Waals surface area (Å²) in [6.07, 6.45) is -0.444. The van der Waals surface area contributed by atoms with E-state index in [9.17, 15) is 5.11 Å². The van der Waals surface area contributed by atoms with Crippen molar-refractivity contribution in [3.05, 3.63) is 35.4 Å². The van der Waals surface area contributed by atoms with E-state index < -0.39 is 6.10 Å². The number of rotatable bonds is 3. The molecular formula is C17H27NO2. The van der Waals surface area contributed by atoms with Crippen molar-refractivity contribution in [2.75, 3.05) is 19.6 Å². The summed E-state index contributed by atoms with van der Waals surface area (Å²) in [7, 11) is 0. The molecule has 1 heterocycles. The van der Waals surface area contributed by atoms with Crippen molar-refractivity contribution in [2.24, 2.45) is 0 Å². The van der Waals surface area contributed by atoms with Gasteiger partial charge in [0.2, 0.25) is 0 Å². The first-order chi connectivity index (χ1) is 9.17. The number of aliphatic hydroxyl groups is 1. The van der Waals surface area contributed by atoms with E-state index >= 15 is 0 Å². The molecule has 1 unspecified atom stereocenters. The smallest absolute Gasteiger partial charge is 0.0916 e. The van der Waals surface area contributed by atoms with Crippen LogP contribution in [-0.4, -0.2) is 40.8 Å². The van der Waals surface area contributed by atoms with E-state index in [0.29, 0.717) is 6.54 Å².